The number of anilines is 2. The minimum atomic E-state index is -0.485. The molecule has 2 fully saturated rings. The molecule has 0 saturated carbocycles. The third-order valence-corrected chi connectivity index (χ3v) is 6.07. The van der Waals surface area contributed by atoms with Crippen molar-refractivity contribution in [3.63, 3.8) is 0 Å². The Morgan fingerprint density at radius 3 is 2.79 bits per heavy atom. The number of aromatic amines is 1. The van der Waals surface area contributed by atoms with Gasteiger partial charge in [-0.1, -0.05) is 0 Å². The predicted molar refractivity (Wildman–Crippen MR) is 109 cm³/mol. The van der Waals surface area contributed by atoms with Crippen molar-refractivity contribution >= 4 is 28.4 Å². The summed E-state index contributed by atoms with van der Waals surface area (Å²) in [5.41, 5.74) is 8.13. The van der Waals surface area contributed by atoms with Gasteiger partial charge in [-0.25, -0.2) is 9.97 Å². The van der Waals surface area contributed by atoms with Gasteiger partial charge in [-0.3, -0.25) is 4.79 Å². The number of amides is 1. The highest BCUT2D eigenvalue weighted by Gasteiger charge is 2.41. The number of carbonyl (C=O) groups is 1. The highest BCUT2D eigenvalue weighted by molar-refractivity contribution is 6.06. The molecule has 3 atom stereocenters. The number of nitriles is 1. The first kappa shape index (κ1) is 17.5. The number of nitrogens with zero attached hydrogens (tertiary/aromatic N) is 4. The topological polar surface area (TPSA) is 124 Å². The predicted octanol–water partition coefficient (Wildman–Crippen LogP) is 2.54. The van der Waals surface area contributed by atoms with E-state index in [9.17, 15) is 10.1 Å². The highest BCUT2D eigenvalue weighted by atomic mass is 16.1. The van der Waals surface area contributed by atoms with Crippen molar-refractivity contribution in [2.45, 2.75) is 43.8 Å². The molecule has 1 amide bonds. The molecule has 0 aliphatic carbocycles. The van der Waals surface area contributed by atoms with Crippen LogP contribution in [-0.4, -0.2) is 39.0 Å². The first-order chi connectivity index (χ1) is 14.1. The molecule has 2 saturated heterocycles. The highest BCUT2D eigenvalue weighted by Crippen LogP contribution is 2.40. The van der Waals surface area contributed by atoms with E-state index in [1.807, 2.05) is 18.3 Å². The van der Waals surface area contributed by atoms with Crippen LogP contribution < -0.4 is 16.0 Å². The number of piperidine rings is 1. The van der Waals surface area contributed by atoms with Gasteiger partial charge in [-0.2, -0.15) is 5.26 Å². The fourth-order valence-electron chi connectivity index (χ4n) is 4.85. The molecule has 2 bridgehead atoms. The van der Waals surface area contributed by atoms with Crippen LogP contribution in [0.2, 0.25) is 0 Å². The number of hydrogen-bond acceptors (Lipinski definition) is 6. The van der Waals surface area contributed by atoms with Crippen LogP contribution in [-0.2, 0) is 0 Å². The summed E-state index contributed by atoms with van der Waals surface area (Å²) in [6, 6.07) is 8.65. The quantitative estimate of drug-likeness (QED) is 0.632. The van der Waals surface area contributed by atoms with Crippen LogP contribution in [0.3, 0.4) is 0 Å². The first-order valence-electron chi connectivity index (χ1n) is 9.81. The summed E-state index contributed by atoms with van der Waals surface area (Å²) in [7, 11) is 0. The van der Waals surface area contributed by atoms with Crippen LogP contribution in [0.5, 0.6) is 0 Å². The summed E-state index contributed by atoms with van der Waals surface area (Å²) < 4.78 is 0. The second-order valence-electron chi connectivity index (χ2n) is 7.77. The van der Waals surface area contributed by atoms with E-state index < -0.39 is 5.91 Å². The zero-order valence-electron chi connectivity index (χ0n) is 15.8. The summed E-state index contributed by atoms with van der Waals surface area (Å²) in [5.74, 6) is 0.394. The summed E-state index contributed by atoms with van der Waals surface area (Å²) in [6.07, 6.45) is 9.11. The Balaban J connectivity index is 1.42. The number of nitrogens with one attached hydrogen (secondary N) is 2. The molecule has 4 N–H and O–H groups in total. The van der Waals surface area contributed by atoms with Crippen LogP contribution in [0.15, 0.2) is 36.8 Å². The number of H-pyrrole nitrogens is 1. The fourth-order valence-corrected chi connectivity index (χ4v) is 4.85. The van der Waals surface area contributed by atoms with Crippen LogP contribution in [0.25, 0.3) is 11.0 Å². The van der Waals surface area contributed by atoms with E-state index in [0.717, 1.165) is 48.2 Å². The van der Waals surface area contributed by atoms with Gasteiger partial charge in [0.1, 0.15) is 11.5 Å². The van der Waals surface area contributed by atoms with Gasteiger partial charge in [0.05, 0.1) is 22.9 Å². The number of pyridine rings is 2. The number of carbonyl (C=O) groups excluding carboxylic acids is 1. The van der Waals surface area contributed by atoms with Gasteiger partial charge in [0.25, 0.3) is 5.91 Å². The molecule has 3 aromatic rings. The number of fused-ring (bicyclic) bond motifs is 3. The standard InChI is InChI=1S/C21H21N7O/c22-10-12-3-5-24-18(7-12)28-14-1-2-15(28)9-13(8-14)27-19-16-4-6-25-21(16)26-11-17(19)20(23)29/h3-7,11,13-15H,1-2,8-9H2,(H2,23,29)(H2,25,26,27)/t13-,14-,15+. The lowest BCUT2D eigenvalue weighted by Crippen LogP contribution is -2.47. The number of hydrogen-bond donors (Lipinski definition) is 3. The zero-order chi connectivity index (χ0) is 20.0. The molecule has 5 heterocycles. The van der Waals surface area contributed by atoms with Crippen molar-refractivity contribution < 1.29 is 4.79 Å². The van der Waals surface area contributed by atoms with E-state index in [4.69, 9.17) is 5.73 Å². The number of primary amides is 1. The summed E-state index contributed by atoms with van der Waals surface area (Å²) >= 11 is 0. The molecule has 29 heavy (non-hydrogen) atoms. The molecule has 2 aliphatic heterocycles. The molecule has 8 heteroatoms. The molecule has 0 spiro atoms. The Morgan fingerprint density at radius 2 is 2.07 bits per heavy atom. The van der Waals surface area contributed by atoms with Gasteiger partial charge in [0, 0.05) is 42.1 Å². The lowest BCUT2D eigenvalue weighted by atomic mass is 9.96. The molecule has 146 valence electrons. The van der Waals surface area contributed by atoms with Crippen LogP contribution in [0.1, 0.15) is 41.6 Å². The van der Waals surface area contributed by atoms with E-state index >= 15 is 0 Å². The lowest BCUT2D eigenvalue weighted by molar-refractivity contribution is 0.100. The smallest absolute Gasteiger partial charge is 0.252 e. The monoisotopic (exact) mass is 387 g/mol. The van der Waals surface area contributed by atoms with Crippen molar-refractivity contribution in [3.8, 4) is 6.07 Å². The molecule has 0 radical (unpaired) electrons. The van der Waals surface area contributed by atoms with Crippen molar-refractivity contribution in [1.29, 1.82) is 5.26 Å². The third-order valence-electron chi connectivity index (χ3n) is 6.07. The van der Waals surface area contributed by atoms with Crippen LogP contribution in [0.4, 0.5) is 11.5 Å². The Bertz CT molecular complexity index is 1120. The van der Waals surface area contributed by atoms with E-state index in [1.165, 1.54) is 6.20 Å². The molecule has 3 aromatic heterocycles. The lowest BCUT2D eigenvalue weighted by Gasteiger charge is -2.40. The molecular formula is C21H21N7O. The van der Waals surface area contributed by atoms with Crippen molar-refractivity contribution in [2.75, 3.05) is 10.2 Å². The van der Waals surface area contributed by atoms with Gasteiger partial charge in [-0.05, 0) is 43.9 Å². The minimum Gasteiger partial charge on any atom is -0.381 e. The van der Waals surface area contributed by atoms with Crippen molar-refractivity contribution in [1.82, 2.24) is 15.0 Å². The second kappa shape index (κ2) is 6.78. The maximum Gasteiger partial charge on any atom is 0.252 e. The van der Waals surface area contributed by atoms with Gasteiger partial charge >= 0.3 is 0 Å². The molecule has 2 aliphatic rings. The molecule has 0 aromatic carbocycles. The maximum absolute atomic E-state index is 12.0. The van der Waals surface area contributed by atoms with Gasteiger partial charge in [0.15, 0.2) is 0 Å². The van der Waals surface area contributed by atoms with Crippen LogP contribution >= 0.6 is 0 Å². The van der Waals surface area contributed by atoms with Crippen molar-refractivity contribution in [3.05, 3.63) is 47.9 Å². The van der Waals surface area contributed by atoms with Crippen molar-refractivity contribution in [2.24, 2.45) is 5.73 Å². The van der Waals surface area contributed by atoms with E-state index in [2.05, 4.69) is 31.2 Å². The number of rotatable bonds is 4. The van der Waals surface area contributed by atoms with E-state index in [-0.39, 0.29) is 6.04 Å². The SMILES string of the molecule is N#Cc1ccnc(N2[C@@H]3CC[C@H]2C[C@H](Nc2c(C(N)=O)cnc4[nH]ccc24)C3)c1. The van der Waals surface area contributed by atoms with Gasteiger partial charge in [-0.15, -0.1) is 0 Å². The fraction of sp³-hybridized carbons (Fsp3) is 0.333. The Morgan fingerprint density at radius 1 is 1.28 bits per heavy atom. The molecule has 5 rings (SSSR count). The molecule has 0 unspecified atom stereocenters. The number of nitrogens with two attached hydrogens (primary N) is 1. The summed E-state index contributed by atoms with van der Waals surface area (Å²) in [4.78, 5) is 26.2. The minimum absolute atomic E-state index is 0.224. The average molecular weight is 387 g/mol. The van der Waals surface area contributed by atoms with E-state index in [1.54, 1.807) is 12.3 Å². The molecular weight excluding hydrogens is 366 g/mol. The van der Waals surface area contributed by atoms with Gasteiger partial charge in [0.2, 0.25) is 0 Å². The normalized spacial score (nSPS) is 23.1. The maximum atomic E-state index is 12.0. The van der Waals surface area contributed by atoms with Gasteiger partial charge < -0.3 is 20.9 Å². The Labute approximate surface area is 167 Å². The second-order valence-corrected chi connectivity index (χ2v) is 7.77. The number of aromatic nitrogens is 3. The zero-order valence-corrected chi connectivity index (χ0v) is 15.8. The summed E-state index contributed by atoms with van der Waals surface area (Å²) in [6.45, 7) is 0. The first-order valence-corrected chi connectivity index (χ1v) is 9.81. The summed E-state index contributed by atoms with van der Waals surface area (Å²) in [5, 5.41) is 13.7. The van der Waals surface area contributed by atoms with Crippen LogP contribution in [0, 0.1) is 11.3 Å². The third kappa shape index (κ3) is 2.95. The Hall–Kier alpha value is -3.60. The average Bonchev–Trinajstić information content (AvgIpc) is 3.31. The van der Waals surface area contributed by atoms with E-state index in [0.29, 0.717) is 23.2 Å². The Kier molecular flexibility index (Phi) is 4.09. The largest absolute Gasteiger partial charge is 0.381 e. The molecule has 8 nitrogen and oxygen atoms in total.